The van der Waals surface area contributed by atoms with Gasteiger partial charge in [-0.25, -0.2) is 0 Å². The fraction of sp³-hybridized carbons (Fsp3) is 1.00. The molecule has 0 N–H and O–H groups in total. The van der Waals surface area contributed by atoms with Crippen molar-refractivity contribution in [3.8, 4) is 0 Å². The van der Waals surface area contributed by atoms with E-state index in [1.54, 1.807) is 0 Å². The number of hydrogen-bond donors (Lipinski definition) is 0. The molecular formula is C11H25N. The third-order valence-electron chi connectivity index (χ3n) is 2.78. The zero-order valence-electron chi connectivity index (χ0n) is 9.65. The van der Waals surface area contributed by atoms with Gasteiger partial charge in [0.25, 0.3) is 0 Å². The molecule has 0 atom stereocenters. The van der Waals surface area contributed by atoms with E-state index in [1.165, 1.54) is 19.3 Å². The quantitative estimate of drug-likeness (QED) is 0.614. The van der Waals surface area contributed by atoms with E-state index in [-0.39, 0.29) is 0 Å². The first-order chi connectivity index (χ1) is 5.36. The van der Waals surface area contributed by atoms with Gasteiger partial charge in [0.1, 0.15) is 0 Å². The summed E-state index contributed by atoms with van der Waals surface area (Å²) in [5.41, 5.74) is 0.370. The van der Waals surface area contributed by atoms with Gasteiger partial charge in [0.2, 0.25) is 0 Å². The van der Waals surface area contributed by atoms with E-state index < -0.39 is 0 Å². The first-order valence-electron chi connectivity index (χ1n) is 5.03. The Bertz CT molecular complexity index is 114. The molecule has 1 heteroatoms. The molecule has 0 spiro atoms. The normalized spacial score (nSPS) is 13.0. The van der Waals surface area contributed by atoms with Crippen molar-refractivity contribution < 1.29 is 0 Å². The predicted molar refractivity (Wildman–Crippen MR) is 56.5 cm³/mol. The topological polar surface area (TPSA) is 3.24 Å². The van der Waals surface area contributed by atoms with E-state index in [2.05, 4.69) is 46.7 Å². The van der Waals surface area contributed by atoms with Gasteiger partial charge in [0.15, 0.2) is 0 Å². The Hall–Kier alpha value is -0.0400. The van der Waals surface area contributed by atoms with Gasteiger partial charge in [-0.15, -0.1) is 0 Å². The van der Waals surface area contributed by atoms with Crippen molar-refractivity contribution in [2.75, 3.05) is 14.1 Å². The highest BCUT2D eigenvalue weighted by Gasteiger charge is 2.19. The maximum Gasteiger partial charge on any atom is 0.0147 e. The number of hydrogen-bond acceptors (Lipinski definition) is 1. The van der Waals surface area contributed by atoms with Crippen LogP contribution in [0, 0.1) is 5.92 Å². The molecule has 0 fully saturated rings. The molecule has 0 unspecified atom stereocenters. The van der Waals surface area contributed by atoms with Gasteiger partial charge in [-0.3, -0.25) is 0 Å². The van der Waals surface area contributed by atoms with E-state index in [0.717, 1.165) is 5.92 Å². The third-order valence-corrected chi connectivity index (χ3v) is 2.78. The minimum atomic E-state index is 0.370. The predicted octanol–water partition coefficient (Wildman–Crippen LogP) is 3.15. The highest BCUT2D eigenvalue weighted by atomic mass is 15.1. The Morgan fingerprint density at radius 1 is 1.17 bits per heavy atom. The number of nitrogens with zero attached hydrogens (tertiary/aromatic N) is 1. The van der Waals surface area contributed by atoms with Crippen molar-refractivity contribution in [1.82, 2.24) is 4.90 Å². The van der Waals surface area contributed by atoms with Crippen LogP contribution >= 0.6 is 0 Å². The summed E-state index contributed by atoms with van der Waals surface area (Å²) < 4.78 is 0. The molecule has 0 aliphatic rings. The molecule has 0 heterocycles. The Kier molecular flexibility index (Phi) is 4.84. The summed E-state index contributed by atoms with van der Waals surface area (Å²) in [6.07, 6.45) is 4.01. The van der Waals surface area contributed by atoms with Crippen LogP contribution in [0.4, 0.5) is 0 Å². The molecule has 0 aromatic heterocycles. The number of rotatable bonds is 5. The smallest absolute Gasteiger partial charge is 0.0147 e. The Morgan fingerprint density at radius 3 is 2.00 bits per heavy atom. The van der Waals surface area contributed by atoms with Crippen molar-refractivity contribution >= 4 is 0 Å². The lowest BCUT2D eigenvalue weighted by Gasteiger charge is -2.32. The molecule has 1 nitrogen and oxygen atoms in total. The largest absolute Gasteiger partial charge is 0.304 e. The van der Waals surface area contributed by atoms with E-state index in [4.69, 9.17) is 0 Å². The minimum absolute atomic E-state index is 0.370. The van der Waals surface area contributed by atoms with Crippen molar-refractivity contribution in [3.63, 3.8) is 0 Å². The van der Waals surface area contributed by atoms with Crippen LogP contribution in [0.5, 0.6) is 0 Å². The maximum absolute atomic E-state index is 2.31. The summed E-state index contributed by atoms with van der Waals surface area (Å²) in [7, 11) is 4.32. The molecule has 0 saturated heterocycles. The maximum atomic E-state index is 2.31. The Labute approximate surface area is 78.1 Å². The van der Waals surface area contributed by atoms with Crippen molar-refractivity contribution in [2.45, 2.75) is 52.5 Å². The summed E-state index contributed by atoms with van der Waals surface area (Å²) in [6, 6.07) is 0. The van der Waals surface area contributed by atoms with Gasteiger partial charge in [-0.05, 0) is 40.3 Å². The van der Waals surface area contributed by atoms with Gasteiger partial charge in [-0.2, -0.15) is 0 Å². The van der Waals surface area contributed by atoms with Crippen molar-refractivity contribution in [2.24, 2.45) is 5.92 Å². The first-order valence-corrected chi connectivity index (χ1v) is 5.03. The zero-order valence-corrected chi connectivity index (χ0v) is 9.65. The Morgan fingerprint density at radius 2 is 1.67 bits per heavy atom. The molecule has 0 bridgehead atoms. The average molecular weight is 171 g/mol. The molecule has 0 aliphatic heterocycles. The van der Waals surface area contributed by atoms with Gasteiger partial charge < -0.3 is 4.90 Å². The van der Waals surface area contributed by atoms with Gasteiger partial charge in [0.05, 0.1) is 0 Å². The molecule has 0 saturated carbocycles. The van der Waals surface area contributed by atoms with Crippen LogP contribution in [0.3, 0.4) is 0 Å². The molecule has 0 aliphatic carbocycles. The lowest BCUT2D eigenvalue weighted by molar-refractivity contribution is 0.175. The zero-order chi connectivity index (χ0) is 9.78. The summed E-state index contributed by atoms with van der Waals surface area (Å²) in [5, 5.41) is 0. The van der Waals surface area contributed by atoms with Crippen LogP contribution in [-0.4, -0.2) is 24.5 Å². The summed E-state index contributed by atoms with van der Waals surface area (Å²) in [6.45, 7) is 9.21. The SMILES string of the molecule is CC(C)CCCC(C)(C)N(C)C. The van der Waals surface area contributed by atoms with Crippen molar-refractivity contribution in [1.29, 1.82) is 0 Å². The van der Waals surface area contributed by atoms with E-state index in [9.17, 15) is 0 Å². The Balaban J connectivity index is 3.61. The van der Waals surface area contributed by atoms with Gasteiger partial charge in [0, 0.05) is 5.54 Å². The second-order valence-electron chi connectivity index (χ2n) is 4.99. The minimum Gasteiger partial charge on any atom is -0.304 e. The van der Waals surface area contributed by atoms with Crippen LogP contribution in [-0.2, 0) is 0 Å². The fourth-order valence-electron chi connectivity index (χ4n) is 1.17. The monoisotopic (exact) mass is 171 g/mol. The molecule has 74 valence electrons. The fourth-order valence-corrected chi connectivity index (χ4v) is 1.17. The molecule has 0 rings (SSSR count). The highest BCUT2D eigenvalue weighted by molar-refractivity contribution is 4.76. The lowest BCUT2D eigenvalue weighted by Crippen LogP contribution is -2.37. The lowest BCUT2D eigenvalue weighted by atomic mass is 9.94. The summed E-state index contributed by atoms with van der Waals surface area (Å²) >= 11 is 0. The van der Waals surface area contributed by atoms with Crippen LogP contribution in [0.15, 0.2) is 0 Å². The first kappa shape index (κ1) is 12.0. The molecular weight excluding hydrogens is 146 g/mol. The van der Waals surface area contributed by atoms with E-state index in [1.807, 2.05) is 0 Å². The summed E-state index contributed by atoms with van der Waals surface area (Å²) in [5.74, 6) is 0.850. The molecule has 12 heavy (non-hydrogen) atoms. The average Bonchev–Trinajstić information content (AvgIpc) is 1.85. The van der Waals surface area contributed by atoms with E-state index >= 15 is 0 Å². The van der Waals surface area contributed by atoms with E-state index in [0.29, 0.717) is 5.54 Å². The molecule has 0 amide bonds. The van der Waals surface area contributed by atoms with Crippen LogP contribution < -0.4 is 0 Å². The molecule has 0 aromatic rings. The second kappa shape index (κ2) is 4.86. The van der Waals surface area contributed by atoms with Crippen LogP contribution in [0.1, 0.15) is 47.0 Å². The van der Waals surface area contributed by atoms with Crippen LogP contribution in [0.25, 0.3) is 0 Å². The summed E-state index contributed by atoms with van der Waals surface area (Å²) in [4.78, 5) is 2.31. The second-order valence-corrected chi connectivity index (χ2v) is 4.99. The molecule has 0 radical (unpaired) electrons. The van der Waals surface area contributed by atoms with Gasteiger partial charge in [-0.1, -0.05) is 26.7 Å². The van der Waals surface area contributed by atoms with Crippen LogP contribution in [0.2, 0.25) is 0 Å². The third kappa shape index (κ3) is 4.76. The van der Waals surface area contributed by atoms with Crippen molar-refractivity contribution in [3.05, 3.63) is 0 Å². The van der Waals surface area contributed by atoms with Gasteiger partial charge >= 0.3 is 0 Å². The highest BCUT2D eigenvalue weighted by Crippen LogP contribution is 2.19. The standard InChI is InChI=1S/C11H25N/c1-10(2)8-7-9-11(3,4)12(5)6/h10H,7-9H2,1-6H3. The molecule has 0 aromatic carbocycles.